The lowest BCUT2D eigenvalue weighted by molar-refractivity contribution is -0.137. The van der Waals surface area contributed by atoms with Crippen LogP contribution in [0, 0.1) is 0 Å². The van der Waals surface area contributed by atoms with Gasteiger partial charge in [0.15, 0.2) is 0 Å². The Kier molecular flexibility index (Phi) is 5.54. The van der Waals surface area contributed by atoms with Crippen molar-refractivity contribution in [1.29, 1.82) is 0 Å². The first kappa shape index (κ1) is 20.1. The molecule has 0 atom stereocenters. The Morgan fingerprint density at radius 3 is 2.26 bits per heavy atom. The summed E-state index contributed by atoms with van der Waals surface area (Å²) in [5.41, 5.74) is 0.709. The highest BCUT2D eigenvalue weighted by atomic mass is 32.1. The number of likely N-dealkylation sites (N-methyl/N-ethyl adjacent to an activating group) is 1. The van der Waals surface area contributed by atoms with Crippen LogP contribution in [0.15, 0.2) is 23.6 Å². The van der Waals surface area contributed by atoms with Crippen molar-refractivity contribution in [3.05, 3.63) is 34.2 Å². The summed E-state index contributed by atoms with van der Waals surface area (Å²) >= 11 is 1.49. The molecule has 1 aromatic heterocycles. The zero-order valence-electron chi connectivity index (χ0n) is 16.2. The minimum Gasteiger partial charge on any atom is -0.368 e. The van der Waals surface area contributed by atoms with E-state index in [1.165, 1.54) is 17.4 Å². The van der Waals surface area contributed by atoms with Crippen molar-refractivity contribution in [1.82, 2.24) is 9.88 Å². The summed E-state index contributed by atoms with van der Waals surface area (Å²) in [5, 5.41) is 2.77. The van der Waals surface area contributed by atoms with Crippen molar-refractivity contribution < 1.29 is 13.2 Å². The summed E-state index contributed by atoms with van der Waals surface area (Å²) in [7, 11) is 0. The predicted molar refractivity (Wildman–Crippen MR) is 106 cm³/mol. The minimum absolute atomic E-state index is 0.116. The number of aromatic nitrogens is 1. The molecule has 27 heavy (non-hydrogen) atoms. The molecule has 1 aromatic carbocycles. The molecular weight excluding hydrogens is 371 g/mol. The van der Waals surface area contributed by atoms with E-state index >= 15 is 0 Å². The number of rotatable bonds is 3. The van der Waals surface area contributed by atoms with Crippen molar-refractivity contribution in [2.75, 3.05) is 37.6 Å². The van der Waals surface area contributed by atoms with E-state index in [0.717, 1.165) is 24.6 Å². The van der Waals surface area contributed by atoms with Gasteiger partial charge in [-0.1, -0.05) is 33.8 Å². The molecule has 0 radical (unpaired) electrons. The first-order valence-corrected chi connectivity index (χ1v) is 10.1. The zero-order chi connectivity index (χ0) is 19.8. The molecule has 7 heteroatoms. The molecule has 0 spiro atoms. The first-order chi connectivity index (χ1) is 12.6. The molecule has 1 saturated heterocycles. The van der Waals surface area contributed by atoms with E-state index in [-0.39, 0.29) is 11.1 Å². The zero-order valence-corrected chi connectivity index (χ0v) is 17.0. The Labute approximate surface area is 162 Å². The Morgan fingerprint density at radius 1 is 1.07 bits per heavy atom. The fourth-order valence-electron chi connectivity index (χ4n) is 3.25. The number of halogens is 3. The molecule has 0 aliphatic carbocycles. The molecule has 0 unspecified atom stereocenters. The van der Waals surface area contributed by atoms with Gasteiger partial charge in [0.05, 0.1) is 16.3 Å². The lowest BCUT2D eigenvalue weighted by Crippen LogP contribution is -2.46. The fourth-order valence-corrected chi connectivity index (χ4v) is 4.17. The second kappa shape index (κ2) is 7.43. The summed E-state index contributed by atoms with van der Waals surface area (Å²) in [6, 6.07) is 4.62. The Morgan fingerprint density at radius 2 is 1.74 bits per heavy atom. The molecular formula is C20H26F3N3S. The van der Waals surface area contributed by atoms with E-state index < -0.39 is 11.7 Å². The van der Waals surface area contributed by atoms with Gasteiger partial charge in [0.2, 0.25) is 0 Å². The van der Waals surface area contributed by atoms with Crippen molar-refractivity contribution in [3.8, 4) is 11.3 Å². The van der Waals surface area contributed by atoms with Crippen molar-refractivity contribution in [3.63, 3.8) is 0 Å². The molecule has 3 nitrogen and oxygen atoms in total. The van der Waals surface area contributed by atoms with Crippen LogP contribution in [0.3, 0.4) is 0 Å². The summed E-state index contributed by atoms with van der Waals surface area (Å²) < 4.78 is 41.3. The number of thiazole rings is 1. The van der Waals surface area contributed by atoms with Crippen LogP contribution < -0.4 is 4.90 Å². The number of nitrogens with zero attached hydrogens (tertiary/aromatic N) is 3. The van der Waals surface area contributed by atoms with Gasteiger partial charge in [0.1, 0.15) is 0 Å². The van der Waals surface area contributed by atoms with E-state index in [2.05, 4.69) is 37.6 Å². The molecule has 2 heterocycles. The monoisotopic (exact) mass is 397 g/mol. The molecule has 1 aliphatic heterocycles. The molecule has 1 aliphatic rings. The second-order valence-electron chi connectivity index (χ2n) is 7.94. The van der Waals surface area contributed by atoms with Gasteiger partial charge in [0.25, 0.3) is 0 Å². The third-order valence-corrected chi connectivity index (χ3v) is 6.17. The molecule has 2 aromatic rings. The van der Waals surface area contributed by atoms with Gasteiger partial charge in [0, 0.05) is 48.2 Å². The summed E-state index contributed by atoms with van der Waals surface area (Å²) in [5.74, 6) is 0. The molecule has 0 saturated carbocycles. The highest BCUT2D eigenvalue weighted by molar-refractivity contribution is 7.10. The molecule has 148 valence electrons. The number of benzene rings is 1. The Bertz CT molecular complexity index is 785. The van der Waals surface area contributed by atoms with Crippen LogP contribution in [0.1, 0.15) is 38.3 Å². The van der Waals surface area contributed by atoms with Crippen LogP contribution in [-0.2, 0) is 11.6 Å². The lowest BCUT2D eigenvalue weighted by Gasteiger charge is -2.36. The molecule has 1 fully saturated rings. The maximum atomic E-state index is 13.8. The van der Waals surface area contributed by atoms with Crippen LogP contribution in [0.4, 0.5) is 18.9 Å². The maximum Gasteiger partial charge on any atom is 0.418 e. The smallest absolute Gasteiger partial charge is 0.368 e. The van der Waals surface area contributed by atoms with E-state index in [9.17, 15) is 13.2 Å². The second-order valence-corrected chi connectivity index (χ2v) is 8.80. The van der Waals surface area contributed by atoms with Crippen LogP contribution in [-0.4, -0.2) is 42.6 Å². The van der Waals surface area contributed by atoms with Gasteiger partial charge in [-0.2, -0.15) is 13.2 Å². The van der Waals surface area contributed by atoms with Crippen molar-refractivity contribution in [2.24, 2.45) is 0 Å². The maximum absolute atomic E-state index is 13.8. The van der Waals surface area contributed by atoms with Gasteiger partial charge in [-0.25, -0.2) is 4.98 Å². The number of hydrogen-bond donors (Lipinski definition) is 0. The minimum atomic E-state index is -4.39. The topological polar surface area (TPSA) is 19.4 Å². The van der Waals surface area contributed by atoms with Crippen LogP contribution in [0.2, 0.25) is 0 Å². The highest BCUT2D eigenvalue weighted by Gasteiger charge is 2.36. The molecule has 0 bridgehead atoms. The predicted octanol–water partition coefficient (Wildman–Crippen LogP) is 5.27. The Balaban J connectivity index is 1.94. The average Bonchev–Trinajstić information content (AvgIpc) is 3.11. The third-order valence-electron chi connectivity index (χ3n) is 4.90. The quantitative estimate of drug-likeness (QED) is 0.703. The van der Waals surface area contributed by atoms with Gasteiger partial charge in [-0.3, -0.25) is 0 Å². The van der Waals surface area contributed by atoms with Crippen LogP contribution in [0.5, 0.6) is 0 Å². The molecule has 3 rings (SSSR count). The van der Waals surface area contributed by atoms with E-state index in [0.29, 0.717) is 24.3 Å². The van der Waals surface area contributed by atoms with Crippen LogP contribution >= 0.6 is 11.3 Å². The van der Waals surface area contributed by atoms with E-state index in [1.54, 1.807) is 12.1 Å². The number of piperazine rings is 1. The van der Waals surface area contributed by atoms with Crippen molar-refractivity contribution in [2.45, 2.75) is 39.3 Å². The summed E-state index contributed by atoms with van der Waals surface area (Å²) in [4.78, 5) is 8.67. The number of hydrogen-bond acceptors (Lipinski definition) is 4. The largest absolute Gasteiger partial charge is 0.418 e. The number of anilines is 1. The normalized spacial score (nSPS) is 16.8. The summed E-state index contributed by atoms with van der Waals surface area (Å²) in [6.45, 7) is 12.0. The Hall–Kier alpha value is -1.60. The van der Waals surface area contributed by atoms with Crippen LogP contribution in [0.25, 0.3) is 11.3 Å². The van der Waals surface area contributed by atoms with E-state index in [4.69, 9.17) is 0 Å². The highest BCUT2D eigenvalue weighted by Crippen LogP contribution is 2.40. The standard InChI is InChI=1S/C20H26F3N3S/c1-5-25-8-10-26(11-9-25)17-7-6-14(12-15(17)20(21,22)23)16-13-27-18(24-16)19(2,3)4/h6-7,12-13H,5,8-11H2,1-4H3. The average molecular weight is 398 g/mol. The van der Waals surface area contributed by atoms with Gasteiger partial charge in [-0.15, -0.1) is 11.3 Å². The lowest BCUT2D eigenvalue weighted by atomic mass is 9.98. The van der Waals surface area contributed by atoms with Gasteiger partial charge < -0.3 is 9.80 Å². The van der Waals surface area contributed by atoms with Crippen molar-refractivity contribution >= 4 is 17.0 Å². The third kappa shape index (κ3) is 4.46. The number of alkyl halides is 3. The first-order valence-electron chi connectivity index (χ1n) is 9.24. The van der Waals surface area contributed by atoms with Gasteiger partial charge in [-0.05, 0) is 18.7 Å². The fraction of sp³-hybridized carbons (Fsp3) is 0.550. The molecule has 0 amide bonds. The van der Waals surface area contributed by atoms with E-state index in [1.807, 2.05) is 10.3 Å². The molecule has 0 N–H and O–H groups in total. The van der Waals surface area contributed by atoms with Gasteiger partial charge >= 0.3 is 6.18 Å². The summed E-state index contributed by atoms with van der Waals surface area (Å²) in [6.07, 6.45) is -4.39. The SMILES string of the molecule is CCN1CCN(c2ccc(-c3csc(C(C)(C)C)n3)cc2C(F)(F)F)CC1.